The number of nitrogens with one attached hydrogen (secondary N) is 6. The van der Waals surface area contributed by atoms with E-state index in [1.165, 1.54) is 0 Å². The second kappa shape index (κ2) is 30.1. The van der Waals surface area contributed by atoms with Crippen molar-refractivity contribution in [2.24, 2.45) is 22.2 Å². The van der Waals surface area contributed by atoms with E-state index in [1.807, 2.05) is 140 Å². The molecule has 0 fully saturated rings. The maximum Gasteiger partial charge on any atom is 0.407 e. The number of carboxylic acid groups (broad SMARTS) is 2. The van der Waals surface area contributed by atoms with Gasteiger partial charge in [0.1, 0.15) is 42.4 Å². The number of fused-ring (bicyclic) bond motifs is 3. The number of guanidine groups is 1. The number of nitrogens with two attached hydrogens (primary N) is 3. The van der Waals surface area contributed by atoms with Crippen LogP contribution in [0.3, 0.4) is 0 Å². The highest BCUT2D eigenvalue weighted by atomic mass is 16.5. The van der Waals surface area contributed by atoms with E-state index in [-0.39, 0.29) is 44.3 Å². The summed E-state index contributed by atoms with van der Waals surface area (Å²) in [6.45, 7) is -0.0958. The van der Waals surface area contributed by atoms with Gasteiger partial charge in [-0.25, -0.2) is 9.59 Å². The number of amides is 7. The minimum Gasteiger partial charge on any atom is -0.481 e. The second-order valence-corrected chi connectivity index (χ2v) is 20.3. The van der Waals surface area contributed by atoms with Crippen LogP contribution in [-0.4, -0.2) is 113 Å². The van der Waals surface area contributed by atoms with Gasteiger partial charge in [-0.3, -0.25) is 38.6 Å². The van der Waals surface area contributed by atoms with Crippen molar-refractivity contribution < 1.29 is 58.1 Å². The van der Waals surface area contributed by atoms with Gasteiger partial charge in [-0.1, -0.05) is 170 Å². The first-order valence-electron chi connectivity index (χ1n) is 27.6. The summed E-state index contributed by atoms with van der Waals surface area (Å²) < 4.78 is 5.73. The maximum atomic E-state index is 14.7. The van der Waals surface area contributed by atoms with Crippen LogP contribution < -0.4 is 49.1 Å². The van der Waals surface area contributed by atoms with Gasteiger partial charge in [-0.2, -0.15) is 0 Å². The number of carbonyl (C=O) groups excluding carboxylic acids is 7. The van der Waals surface area contributed by atoms with Crippen molar-refractivity contribution in [3.05, 3.63) is 203 Å². The van der Waals surface area contributed by atoms with Crippen LogP contribution in [0.2, 0.25) is 0 Å². The summed E-state index contributed by atoms with van der Waals surface area (Å²) in [5, 5.41) is 35.4. The van der Waals surface area contributed by atoms with Crippen molar-refractivity contribution in [2.75, 3.05) is 13.2 Å². The molecule has 5 atom stereocenters. The lowest BCUT2D eigenvalue weighted by Gasteiger charge is -2.37. The summed E-state index contributed by atoms with van der Waals surface area (Å²) in [6.07, 6.45) is -4.31. The van der Waals surface area contributed by atoms with Crippen LogP contribution in [0.15, 0.2) is 175 Å². The molecule has 0 aromatic heterocycles. The maximum absolute atomic E-state index is 14.7. The molecular weight excluding hydrogens is 1090 g/mol. The number of primary amides is 1. The van der Waals surface area contributed by atoms with Crippen molar-refractivity contribution >= 4 is 59.4 Å². The van der Waals surface area contributed by atoms with Crippen LogP contribution in [0.5, 0.6) is 0 Å². The van der Waals surface area contributed by atoms with E-state index in [9.17, 15) is 53.4 Å². The number of ether oxygens (including phenoxy) is 1. The highest BCUT2D eigenvalue weighted by molar-refractivity contribution is 5.98. The number of aliphatic carboxylic acids is 2. The fraction of sp³-hybridized carbons (Fsp3) is 0.270. The number of alkyl carbamates (subject to hydrolysis) is 1. The number of hydrogen-bond acceptors (Lipinski definition) is 11. The number of hydrogen-bond donors (Lipinski definition) is 11. The molecule has 0 aliphatic heterocycles. The molecule has 0 saturated heterocycles. The van der Waals surface area contributed by atoms with E-state index in [1.54, 1.807) is 30.3 Å². The SMILES string of the molecule is NC(=O)C[C@H](NC(=O)[C@H](CCCN=C(N)N)NC(=O)OCC1c2ccccc2-c2ccccc21)C(=O)N[C@@H](CCC(=O)NC(c1ccccc1)(c1ccccc1)c1ccccc1)C(=O)N[C@@H](CCC(=O)O)C(=O)N[C@@H](Cc1ccccc1)C(=O)O. The molecule has 0 spiro atoms. The van der Waals surface area contributed by atoms with Crippen molar-refractivity contribution in [1.29, 1.82) is 0 Å². The molecule has 1 aliphatic rings. The Morgan fingerprint density at radius 1 is 0.506 bits per heavy atom. The Balaban J connectivity index is 1.16. The van der Waals surface area contributed by atoms with Crippen molar-refractivity contribution in [3.63, 3.8) is 0 Å². The molecule has 442 valence electrons. The lowest BCUT2D eigenvalue weighted by atomic mass is 9.77. The zero-order valence-corrected chi connectivity index (χ0v) is 46.4. The second-order valence-electron chi connectivity index (χ2n) is 20.3. The third-order valence-corrected chi connectivity index (χ3v) is 14.4. The summed E-state index contributed by atoms with van der Waals surface area (Å²) in [6, 6.07) is 42.7. The van der Waals surface area contributed by atoms with Gasteiger partial charge in [0.15, 0.2) is 5.96 Å². The van der Waals surface area contributed by atoms with Crippen molar-refractivity contribution in [3.8, 4) is 11.1 Å². The van der Waals surface area contributed by atoms with Gasteiger partial charge in [0.05, 0.1) is 6.42 Å². The Labute approximate surface area is 490 Å². The zero-order valence-electron chi connectivity index (χ0n) is 46.4. The molecule has 85 heavy (non-hydrogen) atoms. The normalized spacial score (nSPS) is 13.3. The standard InChI is InChI=1S/C63H68N10O12/c64-53(74)37-51(70-56(78)48(30-17-35-67-61(65)66)72-62(84)85-38-47-45-28-15-13-26-43(45)44-27-14-16-29-46(44)47)59(81)69-49(57(79)68-50(32-34-55(76)77)58(80)71-52(60(82)83)36-39-18-5-1-6-19-39)31-33-54(75)73-63(40-20-7-2-8-21-40,41-22-9-3-10-23-41)42-24-11-4-12-25-42/h1-16,18-29,47-52H,17,30-38H2,(H2,64,74)(H,68,79)(H,69,81)(H,70,78)(H,71,80)(H,72,84)(H,73,75)(H,76,77)(H,82,83)(H4,65,66,67)/t48-,49-,50-,51-,52-/m0/s1. The van der Waals surface area contributed by atoms with Gasteiger partial charge in [0, 0.05) is 31.7 Å². The third kappa shape index (κ3) is 17.1. The van der Waals surface area contributed by atoms with E-state index >= 15 is 0 Å². The fourth-order valence-electron chi connectivity index (χ4n) is 10.2. The number of carboxylic acids is 2. The Kier molecular flexibility index (Phi) is 22.0. The lowest BCUT2D eigenvalue weighted by Crippen LogP contribution is -2.59. The molecule has 0 heterocycles. The highest BCUT2D eigenvalue weighted by Crippen LogP contribution is 2.44. The first-order chi connectivity index (χ1) is 40.9. The number of benzene rings is 6. The van der Waals surface area contributed by atoms with Gasteiger partial charge >= 0.3 is 18.0 Å². The Bertz CT molecular complexity index is 3210. The molecule has 0 saturated carbocycles. The fourth-order valence-corrected chi connectivity index (χ4v) is 10.2. The molecule has 6 aromatic carbocycles. The number of rotatable bonds is 30. The molecule has 1 aliphatic carbocycles. The first-order valence-corrected chi connectivity index (χ1v) is 27.6. The van der Waals surface area contributed by atoms with Crippen molar-refractivity contribution in [2.45, 2.75) is 93.0 Å². The molecule has 0 bridgehead atoms. The first kappa shape index (κ1) is 62.2. The van der Waals surface area contributed by atoms with Crippen LogP contribution in [0, 0.1) is 0 Å². The van der Waals surface area contributed by atoms with E-state index < -0.39 is 121 Å². The number of carbonyl (C=O) groups is 9. The molecule has 7 amide bonds. The molecular formula is C63H68N10O12. The average molecular weight is 1160 g/mol. The molecule has 0 unspecified atom stereocenters. The predicted octanol–water partition coefficient (Wildman–Crippen LogP) is 3.84. The zero-order chi connectivity index (χ0) is 60.9. The molecule has 22 heteroatoms. The Morgan fingerprint density at radius 3 is 1.40 bits per heavy atom. The molecule has 14 N–H and O–H groups in total. The molecule has 0 radical (unpaired) electrons. The summed E-state index contributed by atoms with van der Waals surface area (Å²) in [7, 11) is 0. The largest absolute Gasteiger partial charge is 0.481 e. The predicted molar refractivity (Wildman–Crippen MR) is 315 cm³/mol. The highest BCUT2D eigenvalue weighted by Gasteiger charge is 2.39. The molecule has 6 aromatic rings. The number of aliphatic imine (C=N–C) groups is 1. The Morgan fingerprint density at radius 2 is 0.929 bits per heavy atom. The topological polar surface area (TPSA) is 366 Å². The summed E-state index contributed by atoms with van der Waals surface area (Å²) in [5.74, 6) is -9.47. The Hall–Kier alpha value is -10.4. The molecule has 22 nitrogen and oxygen atoms in total. The lowest BCUT2D eigenvalue weighted by molar-refractivity contribution is -0.143. The van der Waals surface area contributed by atoms with Crippen LogP contribution in [0.1, 0.15) is 84.2 Å². The van der Waals surface area contributed by atoms with E-state index in [2.05, 4.69) is 36.9 Å². The van der Waals surface area contributed by atoms with Crippen molar-refractivity contribution in [1.82, 2.24) is 31.9 Å². The van der Waals surface area contributed by atoms with Gasteiger partial charge in [0.25, 0.3) is 0 Å². The van der Waals surface area contributed by atoms with E-state index in [4.69, 9.17) is 21.9 Å². The van der Waals surface area contributed by atoms with Crippen LogP contribution >= 0.6 is 0 Å². The van der Waals surface area contributed by atoms with E-state index in [0.717, 1.165) is 22.3 Å². The van der Waals surface area contributed by atoms with Crippen LogP contribution in [0.4, 0.5) is 4.79 Å². The third-order valence-electron chi connectivity index (χ3n) is 14.4. The van der Waals surface area contributed by atoms with E-state index in [0.29, 0.717) is 22.3 Å². The summed E-state index contributed by atoms with van der Waals surface area (Å²) in [4.78, 5) is 127. The summed E-state index contributed by atoms with van der Waals surface area (Å²) >= 11 is 0. The average Bonchev–Trinajstić information content (AvgIpc) is 2.51. The van der Waals surface area contributed by atoms with Crippen LogP contribution in [0.25, 0.3) is 11.1 Å². The van der Waals surface area contributed by atoms with Crippen LogP contribution in [-0.2, 0) is 55.1 Å². The minimum atomic E-state index is -1.85. The quantitative estimate of drug-likeness (QED) is 0.0132. The number of nitrogens with zero attached hydrogens (tertiary/aromatic N) is 1. The smallest absolute Gasteiger partial charge is 0.407 e. The van der Waals surface area contributed by atoms with Gasteiger partial charge in [-0.05, 0) is 70.2 Å². The minimum absolute atomic E-state index is 0.0205. The van der Waals surface area contributed by atoms with Gasteiger partial charge < -0.3 is 64.1 Å². The van der Waals surface area contributed by atoms with Gasteiger partial charge in [0.2, 0.25) is 35.4 Å². The van der Waals surface area contributed by atoms with Gasteiger partial charge in [-0.15, -0.1) is 0 Å². The summed E-state index contributed by atoms with van der Waals surface area (Å²) in [5.41, 5.74) is 21.8. The monoisotopic (exact) mass is 1160 g/mol. The molecule has 7 rings (SSSR count).